The van der Waals surface area contributed by atoms with E-state index in [1.165, 1.54) is 0 Å². The molecule has 0 spiro atoms. The Morgan fingerprint density at radius 1 is 1.42 bits per heavy atom. The second-order valence-corrected chi connectivity index (χ2v) is 6.84. The second-order valence-electron chi connectivity index (χ2n) is 4.44. The maximum Gasteiger partial charge on any atom is 0.416 e. The molecule has 1 unspecified atom stereocenters. The highest BCUT2D eigenvalue weighted by atomic mass is 32.2. The van der Waals surface area contributed by atoms with Gasteiger partial charge in [0.05, 0.1) is 16.6 Å². The zero-order valence-electron chi connectivity index (χ0n) is 9.94. The van der Waals surface area contributed by atoms with E-state index in [-0.39, 0.29) is 18.1 Å². The minimum atomic E-state index is -4.43. The standard InChI is InChI=1S/C11H13F3N2O2S/c12-11(13,14)8-3-4-15-10(6-8)16-7-9-2-1-5-19(9,17)18/h3-4,6,9H,1-2,5,7H2,(H,15,16). The van der Waals surface area contributed by atoms with Gasteiger partial charge >= 0.3 is 6.18 Å². The molecule has 1 aliphatic rings. The minimum absolute atomic E-state index is 0.0388. The summed E-state index contributed by atoms with van der Waals surface area (Å²) in [7, 11) is -3.11. The Labute approximate surface area is 109 Å². The summed E-state index contributed by atoms with van der Waals surface area (Å²) in [5, 5.41) is 2.13. The number of hydrogen-bond acceptors (Lipinski definition) is 4. The predicted octanol–water partition coefficient (Wildman–Crippen LogP) is 2.09. The fourth-order valence-corrected chi connectivity index (χ4v) is 3.77. The van der Waals surface area contributed by atoms with Gasteiger partial charge in [-0.1, -0.05) is 0 Å². The number of rotatable bonds is 3. The van der Waals surface area contributed by atoms with Crippen LogP contribution in [0.1, 0.15) is 18.4 Å². The highest BCUT2D eigenvalue weighted by molar-refractivity contribution is 7.92. The summed E-state index contributed by atoms with van der Waals surface area (Å²) in [6.45, 7) is 0.0939. The normalized spacial score (nSPS) is 22.4. The average molecular weight is 294 g/mol. The van der Waals surface area contributed by atoms with Crippen molar-refractivity contribution >= 4 is 15.7 Å². The molecule has 0 aliphatic carbocycles. The molecule has 1 aromatic rings. The molecule has 1 aliphatic heterocycles. The number of aromatic nitrogens is 1. The first-order valence-corrected chi connectivity index (χ1v) is 7.49. The Hall–Kier alpha value is -1.31. The Bertz CT molecular complexity index is 557. The van der Waals surface area contributed by atoms with Crippen LogP contribution in [0.25, 0.3) is 0 Å². The predicted molar refractivity (Wildman–Crippen MR) is 64.5 cm³/mol. The lowest BCUT2D eigenvalue weighted by Gasteiger charge is -2.12. The van der Waals surface area contributed by atoms with Gasteiger partial charge in [-0.05, 0) is 25.0 Å². The van der Waals surface area contributed by atoms with Gasteiger partial charge in [-0.3, -0.25) is 0 Å². The van der Waals surface area contributed by atoms with Gasteiger partial charge < -0.3 is 5.32 Å². The Balaban J connectivity index is 2.04. The van der Waals surface area contributed by atoms with E-state index in [1.807, 2.05) is 0 Å². The summed E-state index contributed by atoms with van der Waals surface area (Å²) in [4.78, 5) is 3.76. The van der Waals surface area contributed by atoms with Crippen LogP contribution in [0.15, 0.2) is 18.3 Å². The fourth-order valence-electron chi connectivity index (χ4n) is 2.01. The number of anilines is 1. The van der Waals surface area contributed by atoms with Crippen LogP contribution in [0.4, 0.5) is 19.0 Å². The lowest BCUT2D eigenvalue weighted by Crippen LogP contribution is -2.25. The molecular formula is C11H13F3N2O2S. The third-order valence-electron chi connectivity index (χ3n) is 3.06. The Kier molecular flexibility index (Phi) is 3.71. The molecule has 1 saturated heterocycles. The van der Waals surface area contributed by atoms with Crippen molar-refractivity contribution in [2.75, 3.05) is 17.6 Å². The summed E-state index contributed by atoms with van der Waals surface area (Å²) in [5.74, 6) is 0.187. The van der Waals surface area contributed by atoms with Crippen LogP contribution < -0.4 is 5.32 Å². The van der Waals surface area contributed by atoms with Crippen molar-refractivity contribution in [1.82, 2.24) is 4.98 Å². The number of pyridine rings is 1. The maximum absolute atomic E-state index is 12.5. The molecule has 8 heteroatoms. The maximum atomic E-state index is 12.5. The van der Waals surface area contributed by atoms with Crippen molar-refractivity contribution in [2.24, 2.45) is 0 Å². The van der Waals surface area contributed by atoms with Gasteiger partial charge in [0.15, 0.2) is 9.84 Å². The van der Waals surface area contributed by atoms with E-state index in [0.717, 1.165) is 18.3 Å². The number of halogens is 3. The summed E-state index contributed by atoms with van der Waals surface area (Å²) in [6, 6.07) is 1.75. The van der Waals surface area contributed by atoms with E-state index in [9.17, 15) is 21.6 Å². The summed E-state index contributed by atoms with van der Waals surface area (Å²) < 4.78 is 60.6. The zero-order valence-corrected chi connectivity index (χ0v) is 10.8. The largest absolute Gasteiger partial charge is 0.416 e. The first kappa shape index (κ1) is 14.1. The number of alkyl halides is 3. The summed E-state index contributed by atoms with van der Waals surface area (Å²) in [6.07, 6.45) is -2.24. The van der Waals surface area contributed by atoms with Crippen LogP contribution in [0, 0.1) is 0 Å². The van der Waals surface area contributed by atoms with Gasteiger partial charge in [0, 0.05) is 12.7 Å². The molecule has 0 aromatic carbocycles. The van der Waals surface area contributed by atoms with E-state index in [4.69, 9.17) is 0 Å². The van der Waals surface area contributed by atoms with Gasteiger partial charge in [0.1, 0.15) is 5.82 Å². The van der Waals surface area contributed by atoms with Crippen molar-refractivity contribution in [1.29, 1.82) is 0 Å². The fraction of sp³-hybridized carbons (Fsp3) is 0.545. The molecule has 1 atom stereocenters. The van der Waals surface area contributed by atoms with Crippen molar-refractivity contribution in [3.05, 3.63) is 23.9 Å². The van der Waals surface area contributed by atoms with Crippen LogP contribution in [0.5, 0.6) is 0 Å². The molecule has 1 aromatic heterocycles. The van der Waals surface area contributed by atoms with Gasteiger partial charge in [-0.25, -0.2) is 13.4 Å². The molecule has 19 heavy (non-hydrogen) atoms. The molecule has 0 bridgehead atoms. The van der Waals surface area contributed by atoms with Crippen LogP contribution in [-0.4, -0.2) is 30.9 Å². The van der Waals surface area contributed by atoms with E-state index in [2.05, 4.69) is 10.3 Å². The lowest BCUT2D eigenvalue weighted by molar-refractivity contribution is -0.137. The quantitative estimate of drug-likeness (QED) is 0.927. The molecular weight excluding hydrogens is 281 g/mol. The average Bonchev–Trinajstić information content (AvgIpc) is 2.65. The monoisotopic (exact) mass is 294 g/mol. The summed E-state index contributed by atoms with van der Waals surface area (Å²) in [5.41, 5.74) is -0.806. The van der Waals surface area contributed by atoms with E-state index in [1.54, 1.807) is 0 Å². The lowest BCUT2D eigenvalue weighted by atomic mass is 10.2. The van der Waals surface area contributed by atoms with Gasteiger partial charge in [0.2, 0.25) is 0 Å². The molecule has 2 heterocycles. The molecule has 0 saturated carbocycles. The van der Waals surface area contributed by atoms with E-state index in [0.29, 0.717) is 12.8 Å². The molecule has 4 nitrogen and oxygen atoms in total. The minimum Gasteiger partial charge on any atom is -0.369 e. The topological polar surface area (TPSA) is 59.1 Å². The van der Waals surface area contributed by atoms with E-state index >= 15 is 0 Å². The Morgan fingerprint density at radius 3 is 2.74 bits per heavy atom. The van der Waals surface area contributed by atoms with Crippen molar-refractivity contribution in [3.63, 3.8) is 0 Å². The SMILES string of the molecule is O=S1(=O)CCCC1CNc1cc(C(F)(F)F)ccn1. The Morgan fingerprint density at radius 2 is 2.16 bits per heavy atom. The zero-order chi connectivity index (χ0) is 14.1. The van der Waals surface area contributed by atoms with Crippen molar-refractivity contribution in [3.8, 4) is 0 Å². The number of nitrogens with zero attached hydrogens (tertiary/aromatic N) is 1. The molecule has 2 rings (SSSR count). The number of sulfone groups is 1. The van der Waals surface area contributed by atoms with Crippen LogP contribution in [0.3, 0.4) is 0 Å². The summed E-state index contributed by atoms with van der Waals surface area (Å²) >= 11 is 0. The second kappa shape index (κ2) is 4.99. The number of hydrogen-bond donors (Lipinski definition) is 1. The van der Waals surface area contributed by atoms with Gasteiger partial charge in [-0.2, -0.15) is 13.2 Å². The highest BCUT2D eigenvalue weighted by Crippen LogP contribution is 2.30. The third-order valence-corrected chi connectivity index (χ3v) is 5.34. The molecule has 1 N–H and O–H groups in total. The van der Waals surface area contributed by atoms with Gasteiger partial charge in [0.25, 0.3) is 0 Å². The molecule has 0 amide bonds. The molecule has 1 fully saturated rings. The molecule has 106 valence electrons. The van der Waals surface area contributed by atoms with Crippen molar-refractivity contribution < 1.29 is 21.6 Å². The van der Waals surface area contributed by atoms with Crippen molar-refractivity contribution in [2.45, 2.75) is 24.3 Å². The first-order chi connectivity index (χ1) is 8.79. The molecule has 0 radical (unpaired) electrons. The number of nitrogens with one attached hydrogen (secondary N) is 1. The van der Waals surface area contributed by atoms with Crippen LogP contribution >= 0.6 is 0 Å². The van der Waals surface area contributed by atoms with Gasteiger partial charge in [-0.15, -0.1) is 0 Å². The van der Waals surface area contributed by atoms with Crippen LogP contribution in [-0.2, 0) is 16.0 Å². The van der Waals surface area contributed by atoms with E-state index < -0.39 is 26.8 Å². The smallest absolute Gasteiger partial charge is 0.369 e. The van der Waals surface area contributed by atoms with Crippen LogP contribution in [0.2, 0.25) is 0 Å². The highest BCUT2D eigenvalue weighted by Gasteiger charge is 2.32. The third kappa shape index (κ3) is 3.37. The first-order valence-electron chi connectivity index (χ1n) is 5.78.